The van der Waals surface area contributed by atoms with Crippen molar-refractivity contribution in [2.45, 2.75) is 6.42 Å². The maximum absolute atomic E-state index is 7.74. The van der Waals surface area contributed by atoms with Crippen molar-refractivity contribution in [2.24, 2.45) is 5.73 Å². The van der Waals surface area contributed by atoms with Crippen LogP contribution >= 0.6 is 0 Å². The molecule has 4 heteroatoms. The van der Waals surface area contributed by atoms with E-state index in [9.17, 15) is 0 Å². The van der Waals surface area contributed by atoms with Crippen LogP contribution in [0.1, 0.15) is 6.42 Å². The summed E-state index contributed by atoms with van der Waals surface area (Å²) >= 11 is 0. The Bertz CT molecular complexity index is 227. The first-order valence-corrected chi connectivity index (χ1v) is 3.53. The predicted molar refractivity (Wildman–Crippen MR) is 47.9 cm³/mol. The Morgan fingerprint density at radius 3 is 2.17 bits per heavy atom. The van der Waals surface area contributed by atoms with Gasteiger partial charge in [0.15, 0.2) is 0 Å². The molecule has 0 unspecified atom stereocenters. The first-order chi connectivity index (χ1) is 5.81. The van der Waals surface area contributed by atoms with Gasteiger partial charge in [0.05, 0.1) is 6.07 Å². The topological polar surface area (TPSA) is 88.7 Å². The summed E-state index contributed by atoms with van der Waals surface area (Å²) in [7, 11) is 0. The van der Waals surface area contributed by atoms with Gasteiger partial charge in [0.2, 0.25) is 0 Å². The van der Waals surface area contributed by atoms with E-state index in [-0.39, 0.29) is 0 Å². The van der Waals surface area contributed by atoms with Crippen molar-refractivity contribution in [3.8, 4) is 6.07 Å². The van der Waals surface area contributed by atoms with Crippen LogP contribution in [-0.4, -0.2) is 11.5 Å². The molecule has 4 N–H and O–H groups in total. The average molecular weight is 164 g/mol. The second kappa shape index (κ2) is 7.51. The fourth-order valence-electron chi connectivity index (χ4n) is 0.428. The van der Waals surface area contributed by atoms with E-state index >= 15 is 0 Å². The number of anilines is 1. The normalized spacial score (nSPS) is 7.67. The van der Waals surface area contributed by atoms with Gasteiger partial charge in [-0.3, -0.25) is 4.98 Å². The molecule has 0 aromatic carbocycles. The van der Waals surface area contributed by atoms with E-state index in [0.29, 0.717) is 13.0 Å². The van der Waals surface area contributed by atoms with Gasteiger partial charge in [-0.05, 0) is 12.1 Å². The zero-order valence-corrected chi connectivity index (χ0v) is 6.77. The third kappa shape index (κ3) is 6.52. The number of nitriles is 1. The van der Waals surface area contributed by atoms with Crippen LogP contribution in [0.4, 0.5) is 5.69 Å². The zero-order chi connectivity index (χ0) is 9.23. The molecule has 1 heterocycles. The molecular formula is C8H12N4. The van der Waals surface area contributed by atoms with E-state index in [2.05, 4.69) is 4.98 Å². The number of nitrogen functional groups attached to an aromatic ring is 1. The number of nitrogens with two attached hydrogens (primary N) is 2. The third-order valence-electron chi connectivity index (χ3n) is 0.962. The van der Waals surface area contributed by atoms with Crippen LogP contribution in [0, 0.1) is 11.3 Å². The van der Waals surface area contributed by atoms with Crippen molar-refractivity contribution in [3.05, 3.63) is 24.5 Å². The molecule has 0 amide bonds. The van der Waals surface area contributed by atoms with Crippen LogP contribution in [0.2, 0.25) is 0 Å². The molecule has 0 saturated carbocycles. The molecule has 1 rings (SSSR count). The van der Waals surface area contributed by atoms with Crippen molar-refractivity contribution in [1.29, 1.82) is 5.26 Å². The zero-order valence-electron chi connectivity index (χ0n) is 6.77. The summed E-state index contributed by atoms with van der Waals surface area (Å²) in [5.74, 6) is 0. The van der Waals surface area contributed by atoms with Crippen LogP contribution < -0.4 is 11.5 Å². The summed E-state index contributed by atoms with van der Waals surface area (Å²) in [6.45, 7) is 0.483. The van der Waals surface area contributed by atoms with Crippen molar-refractivity contribution < 1.29 is 0 Å². The molecule has 1 aromatic rings. The minimum Gasteiger partial charge on any atom is -0.399 e. The highest BCUT2D eigenvalue weighted by atomic mass is 14.6. The molecule has 0 bridgehead atoms. The van der Waals surface area contributed by atoms with E-state index in [1.807, 2.05) is 6.07 Å². The molecule has 0 aliphatic rings. The fraction of sp³-hybridized carbons (Fsp3) is 0.250. The Morgan fingerprint density at radius 1 is 1.42 bits per heavy atom. The van der Waals surface area contributed by atoms with Gasteiger partial charge in [-0.25, -0.2) is 0 Å². The van der Waals surface area contributed by atoms with Gasteiger partial charge in [0.25, 0.3) is 0 Å². The van der Waals surface area contributed by atoms with Gasteiger partial charge in [0, 0.05) is 31.0 Å². The van der Waals surface area contributed by atoms with E-state index < -0.39 is 0 Å². The Hall–Kier alpha value is -1.60. The molecule has 4 nitrogen and oxygen atoms in total. The number of aromatic nitrogens is 1. The van der Waals surface area contributed by atoms with Crippen LogP contribution in [0.15, 0.2) is 24.5 Å². The Labute approximate surface area is 71.8 Å². The standard InChI is InChI=1S/C5H6N2.C3H6N2/c6-5-1-3-7-4-2-5;4-2-1-3-5/h1-4H,(H2,6,7);1-2,4H2. The van der Waals surface area contributed by atoms with Crippen molar-refractivity contribution in [1.82, 2.24) is 4.98 Å². The van der Waals surface area contributed by atoms with Crippen LogP contribution in [-0.2, 0) is 0 Å². The van der Waals surface area contributed by atoms with Gasteiger partial charge < -0.3 is 11.5 Å². The van der Waals surface area contributed by atoms with Gasteiger partial charge in [-0.2, -0.15) is 5.26 Å². The lowest BCUT2D eigenvalue weighted by Crippen LogP contribution is -1.94. The minimum absolute atomic E-state index is 0.472. The van der Waals surface area contributed by atoms with E-state index in [1.54, 1.807) is 24.5 Å². The number of rotatable bonds is 1. The summed E-state index contributed by atoms with van der Waals surface area (Å²) in [6.07, 6.45) is 3.80. The van der Waals surface area contributed by atoms with Gasteiger partial charge in [-0.15, -0.1) is 0 Å². The lowest BCUT2D eigenvalue weighted by Gasteiger charge is -1.83. The molecule has 0 radical (unpaired) electrons. The SMILES string of the molecule is N#CCCN.Nc1ccncc1. The monoisotopic (exact) mass is 164 g/mol. The maximum atomic E-state index is 7.74. The Kier molecular flexibility index (Phi) is 6.51. The summed E-state index contributed by atoms with van der Waals surface area (Å²) in [5, 5.41) is 7.74. The Balaban J connectivity index is 0.000000217. The highest BCUT2D eigenvalue weighted by molar-refractivity contribution is 5.33. The average Bonchev–Trinajstić information content (AvgIpc) is 2.08. The first-order valence-electron chi connectivity index (χ1n) is 3.53. The van der Waals surface area contributed by atoms with Gasteiger partial charge >= 0.3 is 0 Å². The third-order valence-corrected chi connectivity index (χ3v) is 0.962. The Morgan fingerprint density at radius 2 is 2.00 bits per heavy atom. The highest BCUT2D eigenvalue weighted by Crippen LogP contribution is 1.92. The van der Waals surface area contributed by atoms with Crippen LogP contribution in [0.25, 0.3) is 0 Å². The van der Waals surface area contributed by atoms with Gasteiger partial charge in [-0.1, -0.05) is 0 Å². The van der Waals surface area contributed by atoms with Crippen molar-refractivity contribution in [3.63, 3.8) is 0 Å². The molecule has 0 spiro atoms. The molecule has 0 aliphatic carbocycles. The van der Waals surface area contributed by atoms with E-state index in [0.717, 1.165) is 5.69 Å². The molecule has 1 aromatic heterocycles. The summed E-state index contributed by atoms with van der Waals surface area (Å²) < 4.78 is 0. The second-order valence-electron chi connectivity index (χ2n) is 1.98. The van der Waals surface area contributed by atoms with Gasteiger partial charge in [0.1, 0.15) is 0 Å². The summed E-state index contributed by atoms with van der Waals surface area (Å²) in [4.78, 5) is 3.77. The van der Waals surface area contributed by atoms with E-state index in [1.165, 1.54) is 0 Å². The number of nitrogens with zero attached hydrogens (tertiary/aromatic N) is 2. The smallest absolute Gasteiger partial charge is 0.0635 e. The fourth-order valence-corrected chi connectivity index (χ4v) is 0.428. The highest BCUT2D eigenvalue weighted by Gasteiger charge is 1.73. The molecule has 12 heavy (non-hydrogen) atoms. The largest absolute Gasteiger partial charge is 0.399 e. The predicted octanol–water partition coefficient (Wildman–Crippen LogP) is 0.523. The number of hydrogen-bond acceptors (Lipinski definition) is 4. The lowest BCUT2D eigenvalue weighted by molar-refractivity contribution is 1.02. The van der Waals surface area contributed by atoms with Crippen molar-refractivity contribution in [2.75, 3.05) is 12.3 Å². The maximum Gasteiger partial charge on any atom is 0.0635 e. The molecular weight excluding hydrogens is 152 g/mol. The summed E-state index contributed by atoms with van der Waals surface area (Å²) in [5.41, 5.74) is 11.0. The number of pyridine rings is 1. The van der Waals surface area contributed by atoms with Crippen molar-refractivity contribution >= 4 is 5.69 Å². The molecule has 0 fully saturated rings. The molecule has 0 atom stereocenters. The van der Waals surface area contributed by atoms with Crippen LogP contribution in [0.5, 0.6) is 0 Å². The number of hydrogen-bond donors (Lipinski definition) is 2. The lowest BCUT2D eigenvalue weighted by atomic mass is 10.4. The minimum atomic E-state index is 0.472. The van der Waals surface area contributed by atoms with Crippen LogP contribution in [0.3, 0.4) is 0 Å². The molecule has 64 valence electrons. The quantitative estimate of drug-likeness (QED) is 0.633. The van der Waals surface area contributed by atoms with E-state index in [4.69, 9.17) is 16.7 Å². The molecule has 0 aliphatic heterocycles. The molecule has 0 saturated heterocycles. The second-order valence-corrected chi connectivity index (χ2v) is 1.98. The summed E-state index contributed by atoms with van der Waals surface area (Å²) in [6, 6.07) is 5.39. The first kappa shape index (κ1) is 10.4.